The van der Waals surface area contributed by atoms with Crippen molar-refractivity contribution in [3.8, 4) is 17.2 Å². The second-order valence-electron chi connectivity index (χ2n) is 7.46. The number of carbonyl (C=O) groups excluding carboxylic acids is 1. The molecule has 0 bridgehead atoms. The van der Waals surface area contributed by atoms with E-state index in [2.05, 4.69) is 9.93 Å². The zero-order valence-electron chi connectivity index (χ0n) is 19.3. The summed E-state index contributed by atoms with van der Waals surface area (Å²) in [5, 5.41) is 5.91. The fourth-order valence-corrected chi connectivity index (χ4v) is 4.36. The molecule has 0 aliphatic heterocycles. The lowest BCUT2D eigenvalue weighted by Gasteiger charge is -2.12. The summed E-state index contributed by atoms with van der Waals surface area (Å²) in [6.07, 6.45) is 1.30. The van der Waals surface area contributed by atoms with Crippen molar-refractivity contribution in [2.45, 2.75) is 4.90 Å². The molecule has 0 amide bonds. The molecule has 0 aliphatic carbocycles. The quantitative estimate of drug-likeness (QED) is 0.150. The molecule has 0 radical (unpaired) electrons. The lowest BCUT2D eigenvalue weighted by atomic mass is 10.0. The summed E-state index contributed by atoms with van der Waals surface area (Å²) in [4.78, 5) is 15.1. The molecule has 10 heteroatoms. The Morgan fingerprint density at radius 3 is 2.31 bits per heavy atom. The first-order valence-electron chi connectivity index (χ1n) is 10.6. The molecule has 0 fully saturated rings. The van der Waals surface area contributed by atoms with Crippen LogP contribution in [0.1, 0.15) is 15.9 Å². The minimum Gasteiger partial charge on any atom is -0.493 e. The number of esters is 1. The van der Waals surface area contributed by atoms with E-state index in [1.54, 1.807) is 24.3 Å². The molecule has 0 saturated heterocycles. The molecule has 4 rings (SSSR count). The zero-order chi connectivity index (χ0) is 25.7. The molecule has 0 heterocycles. The molecule has 1 N–H and O–H groups in total. The van der Waals surface area contributed by atoms with Gasteiger partial charge in [0.1, 0.15) is 5.75 Å². The fraction of sp³-hybridized carbons (Fsp3) is 0.0769. The number of sulfonamides is 1. The molecule has 184 valence electrons. The average Bonchev–Trinajstić information content (AvgIpc) is 2.89. The predicted molar refractivity (Wildman–Crippen MR) is 138 cm³/mol. The highest BCUT2D eigenvalue weighted by Gasteiger charge is 2.17. The standard InChI is InChI=1S/C26H21ClN2O6S/c1-33-24-14-8-18(15-25(24)34-2)26(30)35-23-13-7-17-5-3-4-6-21(17)22(23)16-28-29-36(31,32)20-11-9-19(27)10-12-20/h3-16,29H,1-2H3/b28-16-. The van der Waals surface area contributed by atoms with Gasteiger partial charge in [0.15, 0.2) is 11.5 Å². The van der Waals surface area contributed by atoms with Crippen LogP contribution in [0.4, 0.5) is 0 Å². The van der Waals surface area contributed by atoms with E-state index in [-0.39, 0.29) is 16.2 Å². The number of nitrogens with zero attached hydrogens (tertiary/aromatic N) is 1. The second kappa shape index (κ2) is 10.7. The van der Waals surface area contributed by atoms with E-state index in [9.17, 15) is 13.2 Å². The number of methoxy groups -OCH3 is 2. The number of hydrogen-bond acceptors (Lipinski definition) is 7. The van der Waals surface area contributed by atoms with Crippen molar-refractivity contribution in [1.82, 2.24) is 4.83 Å². The number of rotatable bonds is 8. The summed E-state index contributed by atoms with van der Waals surface area (Å²) in [6, 6.07) is 21.1. The summed E-state index contributed by atoms with van der Waals surface area (Å²) in [7, 11) is -0.968. The number of carbonyl (C=O) groups is 1. The molecule has 0 saturated carbocycles. The second-order valence-corrected chi connectivity index (χ2v) is 9.56. The van der Waals surface area contributed by atoms with Gasteiger partial charge in [0.2, 0.25) is 0 Å². The first kappa shape index (κ1) is 25.0. The van der Waals surface area contributed by atoms with Crippen LogP contribution in [-0.4, -0.2) is 34.8 Å². The molecule has 0 atom stereocenters. The van der Waals surface area contributed by atoms with Crippen LogP contribution >= 0.6 is 11.6 Å². The maximum Gasteiger partial charge on any atom is 0.343 e. The lowest BCUT2D eigenvalue weighted by molar-refractivity contribution is 0.0734. The van der Waals surface area contributed by atoms with Crippen LogP contribution < -0.4 is 19.0 Å². The van der Waals surface area contributed by atoms with Crippen molar-refractivity contribution >= 4 is 44.6 Å². The van der Waals surface area contributed by atoms with Crippen molar-refractivity contribution in [2.75, 3.05) is 14.2 Å². The molecule has 0 unspecified atom stereocenters. The van der Waals surface area contributed by atoms with Crippen LogP contribution in [0.15, 0.2) is 88.9 Å². The van der Waals surface area contributed by atoms with Crippen molar-refractivity contribution in [1.29, 1.82) is 0 Å². The molecular weight excluding hydrogens is 504 g/mol. The van der Waals surface area contributed by atoms with Gasteiger partial charge in [-0.15, -0.1) is 0 Å². The van der Waals surface area contributed by atoms with Gasteiger partial charge in [-0.3, -0.25) is 0 Å². The first-order valence-corrected chi connectivity index (χ1v) is 12.4. The molecule has 0 spiro atoms. The molecule has 4 aromatic rings. The van der Waals surface area contributed by atoms with Crippen molar-refractivity contribution in [3.05, 3.63) is 95.0 Å². The summed E-state index contributed by atoms with van der Waals surface area (Å²) in [6.45, 7) is 0. The van der Waals surface area contributed by atoms with Gasteiger partial charge in [0.05, 0.1) is 30.9 Å². The third kappa shape index (κ3) is 5.42. The Kier molecular flexibility index (Phi) is 7.42. The van der Waals surface area contributed by atoms with Crippen LogP contribution in [0.5, 0.6) is 17.2 Å². The summed E-state index contributed by atoms with van der Waals surface area (Å²) >= 11 is 5.84. The Balaban J connectivity index is 1.66. The van der Waals surface area contributed by atoms with Crippen LogP contribution in [0.25, 0.3) is 10.8 Å². The van der Waals surface area contributed by atoms with E-state index in [1.807, 2.05) is 24.3 Å². The molecule has 8 nitrogen and oxygen atoms in total. The largest absolute Gasteiger partial charge is 0.493 e. The van der Waals surface area contributed by atoms with Gasteiger partial charge in [-0.05, 0) is 59.3 Å². The van der Waals surface area contributed by atoms with Crippen molar-refractivity contribution in [2.24, 2.45) is 5.10 Å². The summed E-state index contributed by atoms with van der Waals surface area (Å²) in [5.41, 5.74) is 0.660. The molecule has 4 aromatic carbocycles. The van der Waals surface area contributed by atoms with Gasteiger partial charge in [0, 0.05) is 10.6 Å². The molecule has 0 aromatic heterocycles. The lowest BCUT2D eigenvalue weighted by Crippen LogP contribution is -2.18. The molecule has 0 aliphatic rings. The van der Waals surface area contributed by atoms with Gasteiger partial charge < -0.3 is 14.2 Å². The minimum atomic E-state index is -3.93. The van der Waals surface area contributed by atoms with Gasteiger partial charge in [-0.2, -0.15) is 13.5 Å². The Bertz CT molecular complexity index is 1550. The third-order valence-electron chi connectivity index (χ3n) is 5.24. The highest BCUT2D eigenvalue weighted by molar-refractivity contribution is 7.89. The van der Waals surface area contributed by atoms with Gasteiger partial charge in [-0.1, -0.05) is 41.9 Å². The number of hydrazone groups is 1. The van der Waals surface area contributed by atoms with Crippen molar-refractivity contribution in [3.63, 3.8) is 0 Å². The number of nitrogens with one attached hydrogen (secondary N) is 1. The number of fused-ring (bicyclic) bond motifs is 1. The zero-order valence-corrected chi connectivity index (χ0v) is 20.8. The normalized spacial score (nSPS) is 11.4. The molecular formula is C26H21ClN2O6S. The van der Waals surface area contributed by atoms with Crippen LogP contribution in [0.2, 0.25) is 5.02 Å². The minimum absolute atomic E-state index is 0.00192. The van der Waals surface area contributed by atoms with E-state index < -0.39 is 16.0 Å². The van der Waals surface area contributed by atoms with E-state index in [0.717, 1.165) is 5.39 Å². The highest BCUT2D eigenvalue weighted by Crippen LogP contribution is 2.30. The summed E-state index contributed by atoms with van der Waals surface area (Å²) in [5.74, 6) is 0.412. The third-order valence-corrected chi connectivity index (χ3v) is 6.73. The number of halogens is 1. The maximum absolute atomic E-state index is 12.9. The SMILES string of the molecule is COc1ccc(C(=O)Oc2ccc3ccccc3c2/C=N\NS(=O)(=O)c2ccc(Cl)cc2)cc1OC. The Morgan fingerprint density at radius 2 is 1.58 bits per heavy atom. The fourth-order valence-electron chi connectivity index (χ4n) is 3.45. The number of hydrogen-bond donors (Lipinski definition) is 1. The topological polar surface area (TPSA) is 103 Å². The van der Waals surface area contributed by atoms with Gasteiger partial charge >= 0.3 is 5.97 Å². The van der Waals surface area contributed by atoms with Gasteiger partial charge in [-0.25, -0.2) is 9.63 Å². The smallest absolute Gasteiger partial charge is 0.343 e. The molecule has 36 heavy (non-hydrogen) atoms. The van der Waals surface area contributed by atoms with E-state index >= 15 is 0 Å². The Labute approximate surface area is 213 Å². The van der Waals surface area contributed by atoms with E-state index in [1.165, 1.54) is 50.8 Å². The summed E-state index contributed by atoms with van der Waals surface area (Å²) < 4.78 is 41.3. The van der Waals surface area contributed by atoms with E-state index in [0.29, 0.717) is 27.5 Å². The first-order chi connectivity index (χ1) is 17.3. The van der Waals surface area contributed by atoms with Crippen LogP contribution in [-0.2, 0) is 10.0 Å². The number of benzene rings is 4. The van der Waals surface area contributed by atoms with Crippen LogP contribution in [0.3, 0.4) is 0 Å². The van der Waals surface area contributed by atoms with E-state index in [4.69, 9.17) is 25.8 Å². The number of ether oxygens (including phenoxy) is 3. The highest BCUT2D eigenvalue weighted by atomic mass is 35.5. The maximum atomic E-state index is 12.9. The van der Waals surface area contributed by atoms with Crippen molar-refractivity contribution < 1.29 is 27.4 Å². The predicted octanol–water partition coefficient (Wildman–Crippen LogP) is 5.04. The van der Waals surface area contributed by atoms with Crippen LogP contribution in [0, 0.1) is 0 Å². The monoisotopic (exact) mass is 524 g/mol. The Morgan fingerprint density at radius 1 is 0.889 bits per heavy atom. The van der Waals surface area contributed by atoms with Gasteiger partial charge in [0.25, 0.3) is 10.0 Å². The Hall–Kier alpha value is -4.08. The average molecular weight is 525 g/mol.